The highest BCUT2D eigenvalue weighted by Crippen LogP contribution is 2.10. The van der Waals surface area contributed by atoms with Crippen molar-refractivity contribution in [2.75, 3.05) is 13.1 Å². The highest BCUT2D eigenvalue weighted by molar-refractivity contribution is 5.88. The van der Waals surface area contributed by atoms with E-state index in [0.717, 1.165) is 5.56 Å². The lowest BCUT2D eigenvalue weighted by Crippen LogP contribution is -2.55. The second kappa shape index (κ2) is 7.25. The fourth-order valence-electron chi connectivity index (χ4n) is 2.72. The molecular weight excluding hydrogens is 308 g/mol. The molecule has 2 aromatic rings. The number of nitrogens with one attached hydrogen (secondary N) is 1. The molecule has 1 aromatic heterocycles. The van der Waals surface area contributed by atoms with Gasteiger partial charge in [-0.2, -0.15) is 4.98 Å². The average molecular weight is 328 g/mol. The summed E-state index contributed by atoms with van der Waals surface area (Å²) in [4.78, 5) is 29.8. The van der Waals surface area contributed by atoms with Gasteiger partial charge in [0.2, 0.25) is 17.7 Å². The molecule has 3 rings (SSSR count). The number of carbonyl (C=O) groups is 2. The molecule has 1 aromatic carbocycles. The van der Waals surface area contributed by atoms with Crippen LogP contribution in [0.3, 0.4) is 0 Å². The zero-order chi connectivity index (χ0) is 16.9. The standard InChI is InChI=1S/C17H20N4O3/c1-12-17(23)18-9-10-21(12)16(22)8-7-15-19-14(20-24-15)11-13-5-3-2-4-6-13/h2-6,12H,7-11H2,1H3,(H,18,23). The van der Waals surface area contributed by atoms with Crippen LogP contribution in [0.5, 0.6) is 0 Å². The van der Waals surface area contributed by atoms with Crippen LogP contribution in [0, 0.1) is 0 Å². The number of aryl methyl sites for hydroxylation is 1. The Bertz CT molecular complexity index is 714. The average Bonchev–Trinajstić information content (AvgIpc) is 3.03. The number of benzene rings is 1. The molecule has 1 atom stereocenters. The zero-order valence-corrected chi connectivity index (χ0v) is 13.6. The monoisotopic (exact) mass is 328 g/mol. The van der Waals surface area contributed by atoms with E-state index in [1.54, 1.807) is 11.8 Å². The Labute approximate surface area is 140 Å². The summed E-state index contributed by atoms with van der Waals surface area (Å²) in [7, 11) is 0. The number of hydrogen-bond donors (Lipinski definition) is 1. The molecule has 1 aliphatic rings. The van der Waals surface area contributed by atoms with E-state index in [2.05, 4.69) is 15.5 Å². The van der Waals surface area contributed by atoms with Crippen molar-refractivity contribution in [1.82, 2.24) is 20.4 Å². The maximum absolute atomic E-state index is 12.3. The van der Waals surface area contributed by atoms with Gasteiger partial charge in [-0.25, -0.2) is 0 Å². The summed E-state index contributed by atoms with van der Waals surface area (Å²) >= 11 is 0. The highest BCUT2D eigenvalue weighted by Gasteiger charge is 2.29. The minimum atomic E-state index is -0.428. The maximum Gasteiger partial charge on any atom is 0.242 e. The predicted molar refractivity (Wildman–Crippen MR) is 86.1 cm³/mol. The molecule has 126 valence electrons. The van der Waals surface area contributed by atoms with Gasteiger partial charge in [-0.05, 0) is 12.5 Å². The first-order valence-electron chi connectivity index (χ1n) is 8.06. The van der Waals surface area contributed by atoms with E-state index < -0.39 is 6.04 Å². The molecule has 7 heteroatoms. The van der Waals surface area contributed by atoms with Crippen LogP contribution in [0.1, 0.15) is 30.6 Å². The molecule has 1 N–H and O–H groups in total. The summed E-state index contributed by atoms with van der Waals surface area (Å²) in [6.45, 7) is 2.77. The smallest absolute Gasteiger partial charge is 0.242 e. The van der Waals surface area contributed by atoms with Gasteiger partial charge in [0.05, 0.1) is 0 Å². The van der Waals surface area contributed by atoms with E-state index in [1.165, 1.54) is 0 Å². The normalized spacial score (nSPS) is 17.6. The van der Waals surface area contributed by atoms with Crippen LogP contribution in [-0.4, -0.2) is 46.0 Å². The second-order valence-corrected chi connectivity index (χ2v) is 5.82. The zero-order valence-electron chi connectivity index (χ0n) is 13.6. The summed E-state index contributed by atoms with van der Waals surface area (Å²) in [5.41, 5.74) is 1.11. The molecule has 0 bridgehead atoms. The van der Waals surface area contributed by atoms with Crippen molar-refractivity contribution >= 4 is 11.8 Å². The first-order chi connectivity index (χ1) is 11.6. The van der Waals surface area contributed by atoms with Crippen molar-refractivity contribution in [2.45, 2.75) is 32.2 Å². The third kappa shape index (κ3) is 3.79. The molecule has 7 nitrogen and oxygen atoms in total. The van der Waals surface area contributed by atoms with Crippen molar-refractivity contribution in [1.29, 1.82) is 0 Å². The summed E-state index contributed by atoms with van der Waals surface area (Å²) in [6, 6.07) is 9.46. The molecular formula is C17H20N4O3. The van der Waals surface area contributed by atoms with Crippen molar-refractivity contribution in [3.8, 4) is 0 Å². The Morgan fingerprint density at radius 2 is 2.17 bits per heavy atom. The van der Waals surface area contributed by atoms with Gasteiger partial charge in [0.25, 0.3) is 0 Å². The molecule has 1 saturated heterocycles. The van der Waals surface area contributed by atoms with Gasteiger partial charge < -0.3 is 14.7 Å². The van der Waals surface area contributed by atoms with Crippen molar-refractivity contribution in [3.63, 3.8) is 0 Å². The molecule has 0 spiro atoms. The lowest BCUT2D eigenvalue weighted by molar-refractivity contribution is -0.142. The van der Waals surface area contributed by atoms with Crippen LogP contribution in [0.4, 0.5) is 0 Å². The maximum atomic E-state index is 12.3. The Morgan fingerprint density at radius 1 is 1.38 bits per heavy atom. The number of rotatable bonds is 5. The second-order valence-electron chi connectivity index (χ2n) is 5.82. The SMILES string of the molecule is CC1C(=O)NCCN1C(=O)CCc1nc(Cc2ccccc2)no1. The first-order valence-corrected chi connectivity index (χ1v) is 8.06. The Hall–Kier alpha value is -2.70. The fourth-order valence-corrected chi connectivity index (χ4v) is 2.72. The van der Waals surface area contributed by atoms with Gasteiger partial charge in [0.1, 0.15) is 6.04 Å². The van der Waals surface area contributed by atoms with Gasteiger partial charge in [0.15, 0.2) is 5.82 Å². The Kier molecular flexibility index (Phi) is 4.88. The lowest BCUT2D eigenvalue weighted by Gasteiger charge is -2.32. The van der Waals surface area contributed by atoms with Crippen molar-refractivity contribution in [2.24, 2.45) is 0 Å². The molecule has 0 aliphatic carbocycles. The van der Waals surface area contributed by atoms with Gasteiger partial charge in [-0.15, -0.1) is 0 Å². The summed E-state index contributed by atoms with van der Waals surface area (Å²) < 4.78 is 5.21. The van der Waals surface area contributed by atoms with E-state index in [1.807, 2.05) is 30.3 Å². The number of hydrogen-bond acceptors (Lipinski definition) is 5. The molecule has 0 radical (unpaired) electrons. The highest BCUT2D eigenvalue weighted by atomic mass is 16.5. The minimum absolute atomic E-state index is 0.0693. The molecule has 1 aliphatic heterocycles. The number of aromatic nitrogens is 2. The van der Waals surface area contributed by atoms with Gasteiger partial charge >= 0.3 is 0 Å². The predicted octanol–water partition coefficient (Wildman–Crippen LogP) is 0.940. The van der Waals surface area contributed by atoms with Crippen molar-refractivity contribution in [3.05, 3.63) is 47.6 Å². The molecule has 1 unspecified atom stereocenters. The Balaban J connectivity index is 1.53. The quantitative estimate of drug-likeness (QED) is 0.882. The third-order valence-corrected chi connectivity index (χ3v) is 4.09. The van der Waals surface area contributed by atoms with E-state index >= 15 is 0 Å². The van der Waals surface area contributed by atoms with Crippen LogP contribution in [0.15, 0.2) is 34.9 Å². The van der Waals surface area contributed by atoms with E-state index in [4.69, 9.17) is 4.52 Å². The topological polar surface area (TPSA) is 88.3 Å². The minimum Gasteiger partial charge on any atom is -0.353 e. The number of piperazine rings is 1. The summed E-state index contributed by atoms with van der Waals surface area (Å²) in [6.07, 6.45) is 1.23. The number of carbonyl (C=O) groups excluding carboxylic acids is 2. The molecule has 2 amide bonds. The third-order valence-electron chi connectivity index (χ3n) is 4.09. The number of amides is 2. The molecule has 0 saturated carbocycles. The van der Waals surface area contributed by atoms with Crippen LogP contribution in [-0.2, 0) is 22.4 Å². The first kappa shape index (κ1) is 16.2. The molecule has 1 fully saturated rings. The van der Waals surface area contributed by atoms with Crippen LogP contribution in [0.2, 0.25) is 0 Å². The van der Waals surface area contributed by atoms with Crippen LogP contribution < -0.4 is 5.32 Å². The van der Waals surface area contributed by atoms with Crippen LogP contribution in [0.25, 0.3) is 0 Å². The number of nitrogens with zero attached hydrogens (tertiary/aromatic N) is 3. The fraction of sp³-hybridized carbons (Fsp3) is 0.412. The van der Waals surface area contributed by atoms with Gasteiger partial charge in [-0.3, -0.25) is 9.59 Å². The molecule has 24 heavy (non-hydrogen) atoms. The Morgan fingerprint density at radius 3 is 2.96 bits per heavy atom. The van der Waals surface area contributed by atoms with Gasteiger partial charge in [-0.1, -0.05) is 35.5 Å². The van der Waals surface area contributed by atoms with Gasteiger partial charge in [0, 0.05) is 32.4 Å². The summed E-state index contributed by atoms with van der Waals surface area (Å²) in [5, 5.41) is 6.70. The summed E-state index contributed by atoms with van der Waals surface area (Å²) in [5.74, 6) is 0.871. The largest absolute Gasteiger partial charge is 0.353 e. The van der Waals surface area contributed by atoms with E-state index in [-0.39, 0.29) is 18.2 Å². The van der Waals surface area contributed by atoms with Crippen molar-refractivity contribution < 1.29 is 14.1 Å². The lowest BCUT2D eigenvalue weighted by atomic mass is 10.1. The van der Waals surface area contributed by atoms with E-state index in [0.29, 0.717) is 37.6 Å². The molecule has 2 heterocycles. The van der Waals surface area contributed by atoms with E-state index in [9.17, 15) is 9.59 Å². The van der Waals surface area contributed by atoms with Crippen LogP contribution >= 0.6 is 0 Å².